The van der Waals surface area contributed by atoms with Crippen LogP contribution in [0.5, 0.6) is 0 Å². The predicted molar refractivity (Wildman–Crippen MR) is 49.7 cm³/mol. The lowest BCUT2D eigenvalue weighted by Crippen LogP contribution is -2.14. The minimum Gasteiger partial charge on any atom is -0.396 e. The molecule has 0 aliphatic heterocycles. The highest BCUT2D eigenvalue weighted by atomic mass is 35.5. The molecule has 68 valence electrons. The molecule has 4 nitrogen and oxygen atoms in total. The van der Waals surface area contributed by atoms with E-state index in [2.05, 4.69) is 14.1 Å². The van der Waals surface area contributed by atoms with Gasteiger partial charge in [-0.3, -0.25) is 0 Å². The lowest BCUT2D eigenvalue weighted by molar-refractivity contribution is 0.244. The number of nitrogens with zero attached hydrogens (tertiary/aromatic N) is 2. The van der Waals surface area contributed by atoms with Crippen molar-refractivity contribution in [1.29, 1.82) is 0 Å². The second-order valence-corrected chi connectivity index (χ2v) is 3.46. The zero-order valence-corrected chi connectivity index (χ0v) is 8.19. The molecule has 0 saturated carbocycles. The summed E-state index contributed by atoms with van der Waals surface area (Å²) in [6.45, 7) is 2.74. The van der Waals surface area contributed by atoms with Gasteiger partial charge >= 0.3 is 0 Å². The van der Waals surface area contributed by atoms with E-state index in [0.29, 0.717) is 17.5 Å². The van der Waals surface area contributed by atoms with Gasteiger partial charge in [-0.25, -0.2) is 0 Å². The summed E-state index contributed by atoms with van der Waals surface area (Å²) in [5, 5.41) is 12.1. The van der Waals surface area contributed by atoms with E-state index in [0.717, 1.165) is 11.7 Å². The first kappa shape index (κ1) is 9.70. The molecule has 6 heteroatoms. The van der Waals surface area contributed by atoms with Gasteiger partial charge in [-0.05, 0) is 5.92 Å². The first-order chi connectivity index (χ1) is 5.74. The Kier molecular flexibility index (Phi) is 3.71. The van der Waals surface area contributed by atoms with Crippen molar-refractivity contribution >= 4 is 29.1 Å². The molecule has 0 amide bonds. The second-order valence-electron chi connectivity index (χ2n) is 2.57. The summed E-state index contributed by atoms with van der Waals surface area (Å²) in [4.78, 5) is 0. The highest BCUT2D eigenvalue weighted by molar-refractivity contribution is 6.99. The highest BCUT2D eigenvalue weighted by Crippen LogP contribution is 2.17. The van der Waals surface area contributed by atoms with Crippen LogP contribution in [0.4, 0.5) is 5.82 Å². The third kappa shape index (κ3) is 2.58. The number of halogens is 1. The molecule has 1 heterocycles. The fourth-order valence-corrected chi connectivity index (χ4v) is 1.30. The summed E-state index contributed by atoms with van der Waals surface area (Å²) in [6.07, 6.45) is 0. The molecule has 1 rings (SSSR count). The van der Waals surface area contributed by atoms with Crippen molar-refractivity contribution < 1.29 is 5.11 Å². The van der Waals surface area contributed by atoms with Crippen LogP contribution in [-0.4, -0.2) is 27.0 Å². The Balaban J connectivity index is 2.38. The molecule has 1 atom stereocenters. The fraction of sp³-hybridized carbons (Fsp3) is 0.667. The molecule has 0 radical (unpaired) electrons. The van der Waals surface area contributed by atoms with E-state index >= 15 is 0 Å². The number of hydrogen-bond donors (Lipinski definition) is 2. The van der Waals surface area contributed by atoms with Crippen molar-refractivity contribution in [1.82, 2.24) is 8.75 Å². The van der Waals surface area contributed by atoms with Gasteiger partial charge in [-0.1, -0.05) is 18.5 Å². The lowest BCUT2D eigenvalue weighted by Gasteiger charge is -2.07. The van der Waals surface area contributed by atoms with Crippen molar-refractivity contribution in [3.63, 3.8) is 0 Å². The smallest absolute Gasteiger partial charge is 0.186 e. The molecule has 1 aromatic rings. The standard InChI is InChI=1S/C6H10ClN3OS/c1-4(3-11)2-8-6-5(7)9-12-10-6/h4,11H,2-3H2,1H3,(H,8,10). The van der Waals surface area contributed by atoms with Gasteiger partial charge < -0.3 is 10.4 Å². The van der Waals surface area contributed by atoms with Gasteiger partial charge in [-0.2, -0.15) is 8.75 Å². The Morgan fingerprint density at radius 1 is 1.67 bits per heavy atom. The summed E-state index contributed by atoms with van der Waals surface area (Å²) in [5.74, 6) is 0.796. The molecule has 0 aliphatic carbocycles. The van der Waals surface area contributed by atoms with Crippen molar-refractivity contribution in [2.24, 2.45) is 5.92 Å². The molecular weight excluding hydrogens is 198 g/mol. The molecule has 1 aromatic heterocycles. The highest BCUT2D eigenvalue weighted by Gasteiger charge is 2.05. The SMILES string of the molecule is CC(CO)CNc1nsnc1Cl. The Labute approximate surface area is 79.9 Å². The third-order valence-electron chi connectivity index (χ3n) is 1.38. The van der Waals surface area contributed by atoms with Crippen molar-refractivity contribution in [2.45, 2.75) is 6.92 Å². The van der Waals surface area contributed by atoms with Gasteiger partial charge in [-0.15, -0.1) is 0 Å². The molecule has 0 bridgehead atoms. The Morgan fingerprint density at radius 3 is 2.92 bits per heavy atom. The van der Waals surface area contributed by atoms with Crippen molar-refractivity contribution in [3.8, 4) is 0 Å². The fourth-order valence-electron chi connectivity index (χ4n) is 0.619. The van der Waals surface area contributed by atoms with Crippen LogP contribution in [0.2, 0.25) is 5.15 Å². The van der Waals surface area contributed by atoms with Crippen LogP contribution in [0.1, 0.15) is 6.92 Å². The molecule has 0 aliphatic rings. The van der Waals surface area contributed by atoms with Gasteiger partial charge in [0.05, 0.1) is 11.7 Å². The number of anilines is 1. The maximum absolute atomic E-state index is 8.73. The average molecular weight is 208 g/mol. The number of aromatic nitrogens is 2. The van der Waals surface area contributed by atoms with Crippen LogP contribution >= 0.6 is 23.3 Å². The summed E-state index contributed by atoms with van der Waals surface area (Å²) >= 11 is 6.75. The van der Waals surface area contributed by atoms with E-state index in [4.69, 9.17) is 16.7 Å². The number of rotatable bonds is 4. The first-order valence-electron chi connectivity index (χ1n) is 3.56. The molecule has 1 unspecified atom stereocenters. The monoisotopic (exact) mass is 207 g/mol. The van der Waals surface area contributed by atoms with Crippen molar-refractivity contribution in [3.05, 3.63) is 5.15 Å². The number of hydrogen-bond acceptors (Lipinski definition) is 5. The molecule has 0 fully saturated rings. The molecule has 0 aromatic carbocycles. The lowest BCUT2D eigenvalue weighted by atomic mass is 10.2. The molecule has 0 spiro atoms. The number of nitrogens with one attached hydrogen (secondary N) is 1. The topological polar surface area (TPSA) is 58.0 Å². The van der Waals surface area contributed by atoms with Gasteiger partial charge in [0.1, 0.15) is 0 Å². The second kappa shape index (κ2) is 4.59. The van der Waals surface area contributed by atoms with Crippen LogP contribution in [0.15, 0.2) is 0 Å². The maximum atomic E-state index is 8.73. The van der Waals surface area contributed by atoms with Gasteiger partial charge in [0.25, 0.3) is 0 Å². The zero-order valence-electron chi connectivity index (χ0n) is 6.62. The van der Waals surface area contributed by atoms with E-state index in [1.54, 1.807) is 0 Å². The molecule has 0 saturated heterocycles. The van der Waals surface area contributed by atoms with Crippen LogP contribution < -0.4 is 5.32 Å². The number of aliphatic hydroxyl groups is 1. The maximum Gasteiger partial charge on any atom is 0.186 e. The Hall–Kier alpha value is -0.390. The summed E-state index contributed by atoms with van der Waals surface area (Å²) in [5.41, 5.74) is 0. The van der Waals surface area contributed by atoms with Gasteiger partial charge in [0, 0.05) is 13.2 Å². The minimum atomic E-state index is 0.155. The van der Waals surface area contributed by atoms with Crippen LogP contribution in [0.25, 0.3) is 0 Å². The summed E-state index contributed by atoms with van der Waals surface area (Å²) in [7, 11) is 0. The van der Waals surface area contributed by atoms with Crippen LogP contribution in [0, 0.1) is 5.92 Å². The summed E-state index contributed by atoms with van der Waals surface area (Å²) in [6, 6.07) is 0. The van der Waals surface area contributed by atoms with E-state index in [9.17, 15) is 0 Å². The first-order valence-corrected chi connectivity index (χ1v) is 4.67. The third-order valence-corrected chi connectivity index (χ3v) is 2.27. The summed E-state index contributed by atoms with van der Waals surface area (Å²) < 4.78 is 7.72. The van der Waals surface area contributed by atoms with Crippen LogP contribution in [0.3, 0.4) is 0 Å². The number of aliphatic hydroxyl groups excluding tert-OH is 1. The predicted octanol–water partition coefficient (Wildman–Crippen LogP) is 1.23. The quantitative estimate of drug-likeness (QED) is 0.780. The Morgan fingerprint density at radius 2 is 2.42 bits per heavy atom. The van der Waals surface area contributed by atoms with E-state index in [1.165, 1.54) is 0 Å². The minimum absolute atomic E-state index is 0.155. The molecular formula is C6H10ClN3OS. The zero-order chi connectivity index (χ0) is 8.97. The molecule has 12 heavy (non-hydrogen) atoms. The largest absolute Gasteiger partial charge is 0.396 e. The van der Waals surface area contributed by atoms with E-state index in [-0.39, 0.29) is 12.5 Å². The van der Waals surface area contributed by atoms with E-state index in [1.807, 2.05) is 6.92 Å². The van der Waals surface area contributed by atoms with Gasteiger partial charge in [0.15, 0.2) is 11.0 Å². The van der Waals surface area contributed by atoms with Gasteiger partial charge in [0.2, 0.25) is 0 Å². The van der Waals surface area contributed by atoms with E-state index < -0.39 is 0 Å². The van der Waals surface area contributed by atoms with Crippen LogP contribution in [-0.2, 0) is 0 Å². The average Bonchev–Trinajstić information content (AvgIpc) is 2.47. The normalized spacial score (nSPS) is 12.9. The molecule has 2 N–H and O–H groups in total. The Bertz CT molecular complexity index is 242. The van der Waals surface area contributed by atoms with Crippen molar-refractivity contribution in [2.75, 3.05) is 18.5 Å².